The monoisotopic (exact) mass is 151 g/mol. The summed E-state index contributed by atoms with van der Waals surface area (Å²) in [7, 11) is 1.79. The fraction of sp³-hybridized carbons (Fsp3) is 0.250. The van der Waals surface area contributed by atoms with Gasteiger partial charge in [-0.1, -0.05) is 12.1 Å². The number of fused-ring (bicyclic) bond motifs is 1. The minimum atomic E-state index is -0.326. The molecule has 0 atom stereocenters. The Bertz CT molecular complexity index is 237. The molecule has 3 heteroatoms. The van der Waals surface area contributed by atoms with Gasteiger partial charge in [0, 0.05) is 0 Å². The second kappa shape index (κ2) is 2.43. The molecule has 0 radical (unpaired) electrons. The van der Waals surface area contributed by atoms with Gasteiger partial charge in [0.25, 0.3) is 0 Å². The van der Waals surface area contributed by atoms with Gasteiger partial charge >= 0.3 is 6.41 Å². The van der Waals surface area contributed by atoms with Crippen LogP contribution in [-0.2, 0) is 0 Å². The Hall–Kier alpha value is -1.22. The van der Waals surface area contributed by atoms with E-state index in [-0.39, 0.29) is 6.41 Å². The first-order chi connectivity index (χ1) is 5.40. The molecule has 1 aliphatic heterocycles. The molecule has 1 aromatic rings. The van der Waals surface area contributed by atoms with Crippen LogP contribution in [0.2, 0.25) is 0 Å². The molecule has 3 nitrogen and oxygen atoms in total. The van der Waals surface area contributed by atoms with E-state index >= 15 is 0 Å². The molecule has 0 fully saturated rings. The summed E-state index contributed by atoms with van der Waals surface area (Å²) in [6.07, 6.45) is -0.326. The van der Waals surface area contributed by atoms with E-state index in [9.17, 15) is 0 Å². The first kappa shape index (κ1) is 6.49. The van der Waals surface area contributed by atoms with E-state index in [4.69, 9.17) is 9.47 Å². The van der Waals surface area contributed by atoms with Gasteiger partial charge in [-0.25, -0.2) is 0 Å². The van der Waals surface area contributed by atoms with Crippen molar-refractivity contribution in [2.75, 3.05) is 7.05 Å². The number of rotatable bonds is 1. The van der Waals surface area contributed by atoms with Crippen LogP contribution in [0.4, 0.5) is 0 Å². The molecule has 58 valence electrons. The molecule has 11 heavy (non-hydrogen) atoms. The first-order valence-electron chi connectivity index (χ1n) is 3.50. The molecule has 1 heterocycles. The maximum atomic E-state index is 5.32. The predicted octanol–water partition coefficient (Wildman–Crippen LogP) is 0.961. The SMILES string of the molecule is CNC1Oc2ccccc2O1. The molecule has 0 unspecified atom stereocenters. The maximum absolute atomic E-state index is 5.32. The Morgan fingerprint density at radius 1 is 1.18 bits per heavy atom. The molecule has 1 N–H and O–H groups in total. The Balaban J connectivity index is 2.27. The zero-order valence-electron chi connectivity index (χ0n) is 6.20. The van der Waals surface area contributed by atoms with Gasteiger partial charge in [-0.05, 0) is 19.2 Å². The van der Waals surface area contributed by atoms with Gasteiger partial charge in [0.05, 0.1) is 0 Å². The van der Waals surface area contributed by atoms with Crippen LogP contribution in [0.15, 0.2) is 24.3 Å². The van der Waals surface area contributed by atoms with E-state index in [0.717, 1.165) is 11.5 Å². The van der Waals surface area contributed by atoms with Gasteiger partial charge in [-0.15, -0.1) is 0 Å². The predicted molar refractivity (Wildman–Crippen MR) is 40.5 cm³/mol. The van der Waals surface area contributed by atoms with Crippen LogP contribution in [-0.4, -0.2) is 13.5 Å². The summed E-state index contributed by atoms with van der Waals surface area (Å²) in [6, 6.07) is 7.60. The number of benzene rings is 1. The van der Waals surface area contributed by atoms with Crippen molar-refractivity contribution in [2.24, 2.45) is 0 Å². The van der Waals surface area contributed by atoms with Crippen LogP contribution in [0.3, 0.4) is 0 Å². The van der Waals surface area contributed by atoms with Crippen molar-refractivity contribution >= 4 is 0 Å². The third-order valence-electron chi connectivity index (χ3n) is 1.55. The number of hydrogen-bond acceptors (Lipinski definition) is 3. The van der Waals surface area contributed by atoms with E-state index in [1.165, 1.54) is 0 Å². The third kappa shape index (κ3) is 1.03. The summed E-state index contributed by atoms with van der Waals surface area (Å²) < 4.78 is 10.6. The lowest BCUT2D eigenvalue weighted by Gasteiger charge is -2.06. The minimum Gasteiger partial charge on any atom is -0.438 e. The molecular formula is C8H9NO2. The summed E-state index contributed by atoms with van der Waals surface area (Å²) in [6.45, 7) is 0. The largest absolute Gasteiger partial charge is 0.438 e. The van der Waals surface area contributed by atoms with Gasteiger partial charge in [-0.2, -0.15) is 0 Å². The average molecular weight is 151 g/mol. The van der Waals surface area contributed by atoms with Gasteiger partial charge in [0.1, 0.15) is 0 Å². The van der Waals surface area contributed by atoms with E-state index in [2.05, 4.69) is 5.32 Å². The van der Waals surface area contributed by atoms with Crippen molar-refractivity contribution in [1.82, 2.24) is 5.32 Å². The molecule has 2 rings (SSSR count). The highest BCUT2D eigenvalue weighted by atomic mass is 16.7. The summed E-state index contributed by atoms with van der Waals surface area (Å²) in [5.74, 6) is 1.60. The molecule has 0 aliphatic carbocycles. The van der Waals surface area contributed by atoms with Crippen molar-refractivity contribution in [3.05, 3.63) is 24.3 Å². The number of nitrogens with one attached hydrogen (secondary N) is 1. The molecule has 0 aromatic heterocycles. The fourth-order valence-electron chi connectivity index (χ4n) is 1.02. The number of para-hydroxylation sites is 2. The topological polar surface area (TPSA) is 30.5 Å². The summed E-state index contributed by atoms with van der Waals surface area (Å²) in [5, 5.41) is 2.87. The minimum absolute atomic E-state index is 0.326. The van der Waals surface area contributed by atoms with Gasteiger partial charge in [0.2, 0.25) is 0 Å². The lowest BCUT2D eigenvalue weighted by Crippen LogP contribution is -2.32. The number of hydrogen-bond donors (Lipinski definition) is 1. The smallest absolute Gasteiger partial charge is 0.302 e. The van der Waals surface area contributed by atoms with Gasteiger partial charge < -0.3 is 9.47 Å². The molecule has 1 aromatic carbocycles. The second-order valence-corrected chi connectivity index (χ2v) is 2.30. The highest BCUT2D eigenvalue weighted by molar-refractivity contribution is 5.41. The van der Waals surface area contributed by atoms with Crippen molar-refractivity contribution in [2.45, 2.75) is 6.41 Å². The Labute approximate surface area is 64.9 Å². The summed E-state index contributed by atoms with van der Waals surface area (Å²) in [5.41, 5.74) is 0. The quantitative estimate of drug-likeness (QED) is 0.648. The molecular weight excluding hydrogens is 142 g/mol. The van der Waals surface area contributed by atoms with Crippen molar-refractivity contribution in [3.63, 3.8) is 0 Å². The Morgan fingerprint density at radius 3 is 2.18 bits per heavy atom. The second-order valence-electron chi connectivity index (χ2n) is 2.30. The lowest BCUT2D eigenvalue weighted by atomic mass is 10.3. The van der Waals surface area contributed by atoms with Crippen molar-refractivity contribution < 1.29 is 9.47 Å². The Morgan fingerprint density at radius 2 is 1.73 bits per heavy atom. The highest BCUT2D eigenvalue weighted by Crippen LogP contribution is 2.32. The number of ether oxygens (including phenoxy) is 2. The van der Waals surface area contributed by atoms with E-state index in [0.29, 0.717) is 0 Å². The normalized spacial score (nSPS) is 15.4. The summed E-state index contributed by atoms with van der Waals surface area (Å²) >= 11 is 0. The molecule has 0 spiro atoms. The van der Waals surface area contributed by atoms with Gasteiger partial charge in [-0.3, -0.25) is 5.32 Å². The zero-order chi connectivity index (χ0) is 7.68. The average Bonchev–Trinajstić information content (AvgIpc) is 2.46. The van der Waals surface area contributed by atoms with Crippen LogP contribution in [0.5, 0.6) is 11.5 Å². The van der Waals surface area contributed by atoms with Crippen LogP contribution < -0.4 is 14.8 Å². The van der Waals surface area contributed by atoms with E-state index in [1.54, 1.807) is 7.05 Å². The molecule has 0 bridgehead atoms. The molecule has 1 aliphatic rings. The lowest BCUT2D eigenvalue weighted by molar-refractivity contribution is 0.0254. The third-order valence-corrected chi connectivity index (χ3v) is 1.55. The Kier molecular flexibility index (Phi) is 1.43. The van der Waals surface area contributed by atoms with Crippen molar-refractivity contribution in [1.29, 1.82) is 0 Å². The van der Waals surface area contributed by atoms with Crippen LogP contribution in [0, 0.1) is 0 Å². The molecule has 0 saturated carbocycles. The molecule has 0 saturated heterocycles. The maximum Gasteiger partial charge on any atom is 0.302 e. The van der Waals surface area contributed by atoms with E-state index in [1.807, 2.05) is 24.3 Å². The first-order valence-corrected chi connectivity index (χ1v) is 3.50. The van der Waals surface area contributed by atoms with Crippen LogP contribution >= 0.6 is 0 Å². The summed E-state index contributed by atoms with van der Waals surface area (Å²) in [4.78, 5) is 0. The molecule has 0 amide bonds. The highest BCUT2D eigenvalue weighted by Gasteiger charge is 2.20. The van der Waals surface area contributed by atoms with Gasteiger partial charge in [0.15, 0.2) is 11.5 Å². The van der Waals surface area contributed by atoms with Crippen LogP contribution in [0.25, 0.3) is 0 Å². The van der Waals surface area contributed by atoms with Crippen LogP contribution in [0.1, 0.15) is 0 Å². The van der Waals surface area contributed by atoms with E-state index < -0.39 is 0 Å². The zero-order valence-corrected chi connectivity index (χ0v) is 6.20. The standard InChI is InChI=1S/C8H9NO2/c1-9-8-10-6-4-2-3-5-7(6)11-8/h2-5,8-9H,1H3. The van der Waals surface area contributed by atoms with Crippen molar-refractivity contribution in [3.8, 4) is 11.5 Å². The fourth-order valence-corrected chi connectivity index (χ4v) is 1.02.